The summed E-state index contributed by atoms with van der Waals surface area (Å²) in [5.74, 6) is 0.835. The smallest absolute Gasteiger partial charge is 0.0316 e. The van der Waals surface area contributed by atoms with Gasteiger partial charge in [-0.25, -0.2) is 0 Å². The number of benzene rings is 1. The molecule has 2 heteroatoms. The van der Waals surface area contributed by atoms with Crippen LogP contribution in [0.4, 0.5) is 5.69 Å². The Balaban J connectivity index is 2.01. The predicted octanol–water partition coefficient (Wildman–Crippen LogP) is 3.23. The van der Waals surface area contributed by atoms with E-state index >= 15 is 0 Å². The van der Waals surface area contributed by atoms with E-state index in [-0.39, 0.29) is 0 Å². The third-order valence-corrected chi connectivity index (χ3v) is 2.93. The molecule has 0 heterocycles. The zero-order chi connectivity index (χ0) is 12.5. The summed E-state index contributed by atoms with van der Waals surface area (Å²) in [5.41, 5.74) is 7.92. The molecule has 0 saturated heterocycles. The molecule has 0 aliphatic carbocycles. The van der Waals surface area contributed by atoms with E-state index in [2.05, 4.69) is 31.3 Å². The van der Waals surface area contributed by atoms with Gasteiger partial charge in [-0.1, -0.05) is 38.8 Å². The average molecular weight is 234 g/mol. The zero-order valence-corrected chi connectivity index (χ0v) is 11.2. The predicted molar refractivity (Wildman–Crippen MR) is 76.1 cm³/mol. The molecule has 0 unspecified atom stereocenters. The van der Waals surface area contributed by atoms with E-state index in [1.54, 1.807) is 0 Å². The van der Waals surface area contributed by atoms with Crippen molar-refractivity contribution in [3.63, 3.8) is 0 Å². The quantitative estimate of drug-likeness (QED) is 0.535. The van der Waals surface area contributed by atoms with Crippen LogP contribution in [0.25, 0.3) is 0 Å². The lowest BCUT2D eigenvalue weighted by atomic mass is 10.1. The molecule has 0 aliphatic heterocycles. The molecule has 0 amide bonds. The minimum Gasteiger partial charge on any atom is -0.399 e. The van der Waals surface area contributed by atoms with E-state index < -0.39 is 0 Å². The van der Waals surface area contributed by atoms with Crippen LogP contribution in [-0.2, 0) is 6.42 Å². The van der Waals surface area contributed by atoms with Gasteiger partial charge >= 0.3 is 0 Å². The number of hydrogen-bond acceptors (Lipinski definition) is 2. The molecule has 17 heavy (non-hydrogen) atoms. The lowest BCUT2D eigenvalue weighted by Gasteiger charge is -2.06. The second-order valence-corrected chi connectivity index (χ2v) is 5.13. The van der Waals surface area contributed by atoms with Gasteiger partial charge < -0.3 is 11.1 Å². The number of nitrogens with one attached hydrogen (secondary N) is 1. The van der Waals surface area contributed by atoms with E-state index in [9.17, 15) is 0 Å². The van der Waals surface area contributed by atoms with E-state index in [1.165, 1.54) is 24.8 Å². The van der Waals surface area contributed by atoms with Crippen LogP contribution in [0.5, 0.6) is 0 Å². The topological polar surface area (TPSA) is 38.0 Å². The fourth-order valence-corrected chi connectivity index (χ4v) is 1.91. The van der Waals surface area contributed by atoms with Gasteiger partial charge in [0.15, 0.2) is 0 Å². The maximum absolute atomic E-state index is 5.74. The Bertz CT molecular complexity index is 308. The third kappa shape index (κ3) is 7.01. The number of anilines is 1. The molecular weight excluding hydrogens is 208 g/mol. The van der Waals surface area contributed by atoms with Crippen LogP contribution in [0.3, 0.4) is 0 Å². The first-order valence-corrected chi connectivity index (χ1v) is 6.73. The standard InChI is InChI=1S/C15H26N2/c1-13(2)6-3-4-10-17-11-9-14-7-5-8-15(16)12-14/h5,7-8,12-13,17H,3-4,6,9-11,16H2,1-2H3. The molecule has 0 atom stereocenters. The maximum Gasteiger partial charge on any atom is 0.0316 e. The largest absolute Gasteiger partial charge is 0.399 e. The van der Waals surface area contributed by atoms with Crippen molar-refractivity contribution >= 4 is 5.69 Å². The highest BCUT2D eigenvalue weighted by molar-refractivity contribution is 5.40. The highest BCUT2D eigenvalue weighted by Crippen LogP contribution is 2.07. The van der Waals surface area contributed by atoms with Gasteiger partial charge in [0.05, 0.1) is 0 Å². The molecule has 0 aliphatic rings. The van der Waals surface area contributed by atoms with E-state index in [4.69, 9.17) is 5.73 Å². The lowest BCUT2D eigenvalue weighted by molar-refractivity contribution is 0.521. The maximum atomic E-state index is 5.74. The first-order valence-electron chi connectivity index (χ1n) is 6.73. The van der Waals surface area contributed by atoms with Gasteiger partial charge in [0.2, 0.25) is 0 Å². The van der Waals surface area contributed by atoms with Crippen LogP contribution in [0.2, 0.25) is 0 Å². The fourth-order valence-electron chi connectivity index (χ4n) is 1.91. The number of unbranched alkanes of at least 4 members (excludes halogenated alkanes) is 1. The highest BCUT2D eigenvalue weighted by Gasteiger charge is 1.95. The Hall–Kier alpha value is -1.02. The molecule has 1 aromatic rings. The summed E-state index contributed by atoms with van der Waals surface area (Å²) in [6, 6.07) is 8.15. The molecule has 3 N–H and O–H groups in total. The Morgan fingerprint density at radius 2 is 2.00 bits per heavy atom. The summed E-state index contributed by atoms with van der Waals surface area (Å²) < 4.78 is 0. The molecule has 0 spiro atoms. The Kier molecular flexibility index (Phi) is 6.71. The van der Waals surface area contributed by atoms with Crippen molar-refractivity contribution < 1.29 is 0 Å². The van der Waals surface area contributed by atoms with Gasteiger partial charge in [-0.2, -0.15) is 0 Å². The second kappa shape index (κ2) is 8.13. The van der Waals surface area contributed by atoms with Crippen LogP contribution < -0.4 is 11.1 Å². The summed E-state index contributed by atoms with van der Waals surface area (Å²) in [6.45, 7) is 6.75. The molecule has 96 valence electrons. The Labute approximate surface area is 106 Å². The van der Waals surface area contributed by atoms with Crippen molar-refractivity contribution in [2.24, 2.45) is 5.92 Å². The molecule has 0 saturated carbocycles. The van der Waals surface area contributed by atoms with Crippen molar-refractivity contribution in [1.82, 2.24) is 5.32 Å². The summed E-state index contributed by atoms with van der Waals surface area (Å²) in [4.78, 5) is 0. The van der Waals surface area contributed by atoms with E-state index in [1.807, 2.05) is 12.1 Å². The van der Waals surface area contributed by atoms with Crippen LogP contribution in [0, 0.1) is 5.92 Å². The van der Waals surface area contributed by atoms with Gasteiger partial charge in [0, 0.05) is 5.69 Å². The van der Waals surface area contributed by atoms with Crippen molar-refractivity contribution in [1.29, 1.82) is 0 Å². The number of nitrogen functional groups attached to an aromatic ring is 1. The molecule has 0 fully saturated rings. The first-order chi connectivity index (χ1) is 8.18. The van der Waals surface area contributed by atoms with Gasteiger partial charge in [-0.05, 0) is 49.5 Å². The van der Waals surface area contributed by atoms with Gasteiger partial charge in [0.25, 0.3) is 0 Å². The fraction of sp³-hybridized carbons (Fsp3) is 0.600. The first kappa shape index (κ1) is 14.0. The minimum absolute atomic E-state index is 0.835. The van der Waals surface area contributed by atoms with Crippen molar-refractivity contribution in [3.8, 4) is 0 Å². The van der Waals surface area contributed by atoms with Crippen LogP contribution in [-0.4, -0.2) is 13.1 Å². The summed E-state index contributed by atoms with van der Waals surface area (Å²) in [7, 11) is 0. The molecule has 0 radical (unpaired) electrons. The Morgan fingerprint density at radius 1 is 1.18 bits per heavy atom. The molecule has 0 bridgehead atoms. The molecular formula is C15H26N2. The molecule has 1 rings (SSSR count). The summed E-state index contributed by atoms with van der Waals surface area (Å²) in [6.07, 6.45) is 5.03. The van der Waals surface area contributed by atoms with Gasteiger partial charge in [0.1, 0.15) is 0 Å². The SMILES string of the molecule is CC(C)CCCCNCCc1cccc(N)c1. The van der Waals surface area contributed by atoms with E-state index in [0.717, 1.165) is 31.1 Å². The number of nitrogens with two attached hydrogens (primary N) is 1. The van der Waals surface area contributed by atoms with Crippen molar-refractivity contribution in [3.05, 3.63) is 29.8 Å². The van der Waals surface area contributed by atoms with Crippen LogP contribution >= 0.6 is 0 Å². The van der Waals surface area contributed by atoms with Crippen LogP contribution in [0.1, 0.15) is 38.7 Å². The van der Waals surface area contributed by atoms with Gasteiger partial charge in [-0.15, -0.1) is 0 Å². The highest BCUT2D eigenvalue weighted by atomic mass is 14.8. The Morgan fingerprint density at radius 3 is 2.71 bits per heavy atom. The molecule has 0 aromatic heterocycles. The van der Waals surface area contributed by atoms with E-state index in [0.29, 0.717) is 0 Å². The molecule has 2 nitrogen and oxygen atoms in total. The minimum atomic E-state index is 0.835. The number of hydrogen-bond donors (Lipinski definition) is 2. The third-order valence-electron chi connectivity index (χ3n) is 2.93. The average Bonchev–Trinajstić information content (AvgIpc) is 2.27. The summed E-state index contributed by atoms with van der Waals surface area (Å²) in [5, 5.41) is 3.49. The van der Waals surface area contributed by atoms with Crippen molar-refractivity contribution in [2.75, 3.05) is 18.8 Å². The zero-order valence-electron chi connectivity index (χ0n) is 11.2. The van der Waals surface area contributed by atoms with Crippen molar-refractivity contribution in [2.45, 2.75) is 39.5 Å². The molecule has 1 aromatic carbocycles. The van der Waals surface area contributed by atoms with Crippen LogP contribution in [0.15, 0.2) is 24.3 Å². The number of rotatable bonds is 8. The summed E-state index contributed by atoms with van der Waals surface area (Å²) >= 11 is 0. The van der Waals surface area contributed by atoms with Gasteiger partial charge in [-0.3, -0.25) is 0 Å². The lowest BCUT2D eigenvalue weighted by Crippen LogP contribution is -2.18. The second-order valence-electron chi connectivity index (χ2n) is 5.13. The monoisotopic (exact) mass is 234 g/mol. The normalized spacial score (nSPS) is 11.0.